The smallest absolute Gasteiger partial charge is 0.248 e. The molecule has 0 aliphatic carbocycles. The molecule has 0 spiro atoms. The van der Waals surface area contributed by atoms with Crippen LogP contribution in [0.5, 0.6) is 0 Å². The van der Waals surface area contributed by atoms with Crippen molar-refractivity contribution >= 4 is 5.91 Å². The van der Waals surface area contributed by atoms with E-state index < -0.39 is 18.6 Å². The van der Waals surface area contributed by atoms with Crippen LogP contribution in [-0.2, 0) is 4.79 Å². The number of aliphatic hydroxyl groups is 2. The third-order valence-electron chi connectivity index (χ3n) is 0.501. The molecule has 1 atom stereocenters. The minimum atomic E-state index is -1.40. The van der Waals surface area contributed by atoms with Crippen LogP contribution >= 0.6 is 0 Å². The second-order valence-corrected chi connectivity index (χ2v) is 1.10. The van der Waals surface area contributed by atoms with E-state index in [1.807, 2.05) is 0 Å². The van der Waals surface area contributed by atoms with Gasteiger partial charge in [0.05, 0.1) is 6.61 Å². The van der Waals surface area contributed by atoms with Gasteiger partial charge in [0.25, 0.3) is 0 Å². The molecule has 0 radical (unpaired) electrons. The SMILES string of the molecule is NC(=O)C(O)CO. The predicted molar refractivity (Wildman–Crippen MR) is 22.3 cm³/mol. The number of nitrogens with two attached hydrogens (primary N) is 1. The van der Waals surface area contributed by atoms with Gasteiger partial charge in [-0.15, -0.1) is 0 Å². The number of amides is 1. The molecule has 0 saturated carbocycles. The normalized spacial score (nSPS) is 13.4. The van der Waals surface area contributed by atoms with E-state index in [0.717, 1.165) is 0 Å². The molecule has 0 heterocycles. The average Bonchev–Trinajstić information content (AvgIpc) is 1.65. The van der Waals surface area contributed by atoms with Crippen LogP contribution in [0, 0.1) is 0 Å². The Morgan fingerprint density at radius 2 is 2.29 bits per heavy atom. The van der Waals surface area contributed by atoms with Gasteiger partial charge in [-0.05, 0) is 0 Å². The fourth-order valence-corrected chi connectivity index (χ4v) is 0.0900. The van der Waals surface area contributed by atoms with Gasteiger partial charge < -0.3 is 15.9 Å². The molecule has 0 fully saturated rings. The summed E-state index contributed by atoms with van der Waals surface area (Å²) in [5, 5.41) is 16.2. The molecule has 0 aliphatic rings. The lowest BCUT2D eigenvalue weighted by molar-refractivity contribution is -0.127. The van der Waals surface area contributed by atoms with E-state index in [1.54, 1.807) is 0 Å². The van der Waals surface area contributed by atoms with Crippen LogP contribution in [0.25, 0.3) is 0 Å². The summed E-state index contributed by atoms with van der Waals surface area (Å²) in [6.45, 7) is -0.602. The van der Waals surface area contributed by atoms with Gasteiger partial charge in [-0.2, -0.15) is 0 Å². The van der Waals surface area contributed by atoms with E-state index in [9.17, 15) is 4.79 Å². The summed E-state index contributed by atoms with van der Waals surface area (Å²) >= 11 is 0. The first kappa shape index (κ1) is 6.39. The third kappa shape index (κ3) is 2.13. The zero-order valence-corrected chi connectivity index (χ0v) is 3.66. The Labute approximate surface area is 40.6 Å². The number of aliphatic hydroxyl groups excluding tert-OH is 2. The van der Waals surface area contributed by atoms with Crippen molar-refractivity contribution in [3.63, 3.8) is 0 Å². The monoisotopic (exact) mass is 105 g/mol. The molecule has 1 unspecified atom stereocenters. The predicted octanol–water partition coefficient (Wildman–Crippen LogP) is -2.18. The summed E-state index contributed by atoms with van der Waals surface area (Å²) in [7, 11) is 0. The highest BCUT2D eigenvalue weighted by molar-refractivity contribution is 5.78. The first-order chi connectivity index (χ1) is 3.18. The number of hydrogen-bond acceptors (Lipinski definition) is 3. The molecule has 0 bridgehead atoms. The maximum Gasteiger partial charge on any atom is 0.248 e. The quantitative estimate of drug-likeness (QED) is 0.373. The Hall–Kier alpha value is -0.610. The zero-order valence-electron chi connectivity index (χ0n) is 3.66. The van der Waals surface area contributed by atoms with Gasteiger partial charge in [-0.25, -0.2) is 0 Å². The number of hydrogen-bond donors (Lipinski definition) is 3. The van der Waals surface area contributed by atoms with Crippen molar-refractivity contribution < 1.29 is 15.0 Å². The lowest BCUT2D eigenvalue weighted by Crippen LogP contribution is -2.30. The van der Waals surface area contributed by atoms with Crippen molar-refractivity contribution in [1.29, 1.82) is 0 Å². The lowest BCUT2D eigenvalue weighted by atomic mass is 10.4. The molecule has 4 nitrogen and oxygen atoms in total. The molecule has 0 saturated heterocycles. The second-order valence-electron chi connectivity index (χ2n) is 1.10. The van der Waals surface area contributed by atoms with Crippen molar-refractivity contribution in [2.24, 2.45) is 5.73 Å². The molecule has 4 N–H and O–H groups in total. The zero-order chi connectivity index (χ0) is 5.86. The molecule has 0 aromatic rings. The summed E-state index contributed by atoms with van der Waals surface area (Å²) in [5.41, 5.74) is 4.50. The van der Waals surface area contributed by atoms with Crippen LogP contribution < -0.4 is 5.73 Å². The van der Waals surface area contributed by atoms with Gasteiger partial charge in [0.1, 0.15) is 0 Å². The van der Waals surface area contributed by atoms with E-state index in [-0.39, 0.29) is 0 Å². The average molecular weight is 105 g/mol. The number of primary amides is 1. The van der Waals surface area contributed by atoms with Gasteiger partial charge in [-0.1, -0.05) is 0 Å². The minimum absolute atomic E-state index is 0.602. The Bertz CT molecular complexity index is 72.6. The maximum atomic E-state index is 9.74. The highest BCUT2D eigenvalue weighted by Gasteiger charge is 2.06. The van der Waals surface area contributed by atoms with E-state index in [0.29, 0.717) is 0 Å². The standard InChI is InChI=1S/C3H7NO3/c4-3(7)2(6)1-5/h2,5-6H,1H2,(H2,4,7). The Balaban J connectivity index is 3.34. The van der Waals surface area contributed by atoms with Crippen molar-refractivity contribution in [3.05, 3.63) is 0 Å². The van der Waals surface area contributed by atoms with Gasteiger partial charge in [-0.3, -0.25) is 4.79 Å². The number of carbonyl (C=O) groups excluding carboxylic acids is 1. The number of rotatable bonds is 2. The lowest BCUT2D eigenvalue weighted by Gasteiger charge is -1.96. The van der Waals surface area contributed by atoms with Crippen molar-refractivity contribution in [1.82, 2.24) is 0 Å². The second kappa shape index (κ2) is 2.54. The van der Waals surface area contributed by atoms with Crippen LogP contribution in [0.15, 0.2) is 0 Å². The summed E-state index contributed by atoms with van der Waals surface area (Å²) in [6.07, 6.45) is -1.40. The van der Waals surface area contributed by atoms with Crippen LogP contribution in [0.3, 0.4) is 0 Å². The summed E-state index contributed by atoms with van der Waals surface area (Å²) in [6, 6.07) is 0. The molecule has 42 valence electrons. The molecule has 0 aromatic heterocycles. The summed E-state index contributed by atoms with van der Waals surface area (Å²) in [4.78, 5) is 9.74. The first-order valence-corrected chi connectivity index (χ1v) is 1.76. The highest BCUT2D eigenvalue weighted by Crippen LogP contribution is 1.73. The van der Waals surface area contributed by atoms with Crippen molar-refractivity contribution in [2.45, 2.75) is 6.10 Å². The van der Waals surface area contributed by atoms with Crippen molar-refractivity contribution in [2.75, 3.05) is 6.61 Å². The molecule has 0 rings (SSSR count). The van der Waals surface area contributed by atoms with Crippen LogP contribution in [0.4, 0.5) is 0 Å². The van der Waals surface area contributed by atoms with Crippen molar-refractivity contribution in [3.8, 4) is 0 Å². The van der Waals surface area contributed by atoms with Gasteiger partial charge in [0.15, 0.2) is 6.10 Å². The molecule has 1 amide bonds. The Morgan fingerprint density at radius 3 is 2.29 bits per heavy atom. The first-order valence-electron chi connectivity index (χ1n) is 1.76. The van der Waals surface area contributed by atoms with Crippen LogP contribution in [0.2, 0.25) is 0 Å². The summed E-state index contributed by atoms with van der Waals surface area (Å²) < 4.78 is 0. The topological polar surface area (TPSA) is 83.6 Å². The Morgan fingerprint density at radius 1 is 1.86 bits per heavy atom. The summed E-state index contributed by atoms with van der Waals surface area (Å²) in [5.74, 6) is -0.900. The van der Waals surface area contributed by atoms with E-state index in [4.69, 9.17) is 10.2 Å². The van der Waals surface area contributed by atoms with Gasteiger partial charge in [0.2, 0.25) is 5.91 Å². The van der Waals surface area contributed by atoms with Gasteiger partial charge >= 0.3 is 0 Å². The molecule has 7 heavy (non-hydrogen) atoms. The van der Waals surface area contributed by atoms with E-state index in [2.05, 4.69) is 5.73 Å². The fraction of sp³-hybridized carbons (Fsp3) is 0.667. The molecule has 4 heteroatoms. The van der Waals surface area contributed by atoms with E-state index in [1.165, 1.54) is 0 Å². The van der Waals surface area contributed by atoms with Crippen LogP contribution in [0.1, 0.15) is 0 Å². The molecular formula is C3H7NO3. The third-order valence-corrected chi connectivity index (χ3v) is 0.501. The van der Waals surface area contributed by atoms with Crippen LogP contribution in [-0.4, -0.2) is 28.8 Å². The molecular weight excluding hydrogens is 98.0 g/mol. The largest absolute Gasteiger partial charge is 0.393 e. The minimum Gasteiger partial charge on any atom is -0.393 e. The van der Waals surface area contributed by atoms with Gasteiger partial charge in [0, 0.05) is 0 Å². The maximum absolute atomic E-state index is 9.74. The molecule has 0 aromatic carbocycles. The fourth-order valence-electron chi connectivity index (χ4n) is 0.0900. The Kier molecular flexibility index (Phi) is 2.32. The number of carbonyl (C=O) groups is 1. The highest BCUT2D eigenvalue weighted by atomic mass is 16.3. The van der Waals surface area contributed by atoms with E-state index >= 15 is 0 Å². The molecule has 0 aliphatic heterocycles.